The Hall–Kier alpha value is -2.88. The summed E-state index contributed by atoms with van der Waals surface area (Å²) in [6.07, 6.45) is -4.06. The van der Waals surface area contributed by atoms with Crippen molar-refractivity contribution >= 4 is 17.2 Å². The first-order valence-electron chi connectivity index (χ1n) is 8.31. The fourth-order valence-corrected chi connectivity index (χ4v) is 4.06. The number of thiophene rings is 1. The second-order valence-electron chi connectivity index (χ2n) is 6.19. The zero-order valence-corrected chi connectivity index (χ0v) is 15.4. The maximum Gasteiger partial charge on any atom is 0.471 e. The van der Waals surface area contributed by atoms with E-state index >= 15 is 0 Å². The number of methoxy groups -OCH3 is 1. The molecule has 0 N–H and O–H groups in total. The standard InChI is InChI=1S/C18H14F3N3O3S/c1-26-12-4-2-10(3-5-12)16(25)24-7-6-13-11(9-24)8-14(28-13)15-22-17(27-23-15)18(19,20)21/h2-5,8H,6-7,9H2,1H3. The van der Waals surface area contributed by atoms with Crippen LogP contribution in [0.2, 0.25) is 0 Å². The molecule has 4 rings (SSSR count). The Morgan fingerprint density at radius 3 is 2.68 bits per heavy atom. The maximum atomic E-state index is 12.7. The highest BCUT2D eigenvalue weighted by Gasteiger charge is 2.38. The molecule has 0 fully saturated rings. The van der Waals surface area contributed by atoms with Gasteiger partial charge in [-0.3, -0.25) is 4.79 Å². The monoisotopic (exact) mass is 409 g/mol. The smallest absolute Gasteiger partial charge is 0.471 e. The molecule has 146 valence electrons. The van der Waals surface area contributed by atoms with Crippen molar-refractivity contribution in [3.05, 3.63) is 52.2 Å². The summed E-state index contributed by atoms with van der Waals surface area (Å²) in [6, 6.07) is 8.57. The second-order valence-corrected chi connectivity index (χ2v) is 7.32. The number of rotatable bonds is 3. The third-order valence-corrected chi connectivity index (χ3v) is 5.61. The van der Waals surface area contributed by atoms with Gasteiger partial charge in [-0.1, -0.05) is 5.16 Å². The van der Waals surface area contributed by atoms with Gasteiger partial charge in [-0.05, 0) is 42.3 Å². The van der Waals surface area contributed by atoms with Gasteiger partial charge in [0.05, 0.1) is 12.0 Å². The van der Waals surface area contributed by atoms with Crippen LogP contribution < -0.4 is 4.74 Å². The van der Waals surface area contributed by atoms with Gasteiger partial charge >= 0.3 is 12.1 Å². The number of amides is 1. The molecule has 10 heteroatoms. The second kappa shape index (κ2) is 6.93. The number of hydrogen-bond donors (Lipinski definition) is 0. The summed E-state index contributed by atoms with van der Waals surface area (Å²) in [5.74, 6) is -0.914. The molecule has 6 nitrogen and oxygen atoms in total. The van der Waals surface area contributed by atoms with E-state index in [-0.39, 0.29) is 11.7 Å². The molecule has 0 saturated heterocycles. The number of halogens is 3. The average Bonchev–Trinajstić information content (AvgIpc) is 3.33. The van der Waals surface area contributed by atoms with E-state index in [9.17, 15) is 18.0 Å². The highest BCUT2D eigenvalue weighted by Crippen LogP contribution is 2.35. The van der Waals surface area contributed by atoms with E-state index in [0.717, 1.165) is 10.4 Å². The molecule has 0 radical (unpaired) electrons. The van der Waals surface area contributed by atoms with E-state index in [0.29, 0.717) is 35.7 Å². The number of carbonyl (C=O) groups excluding carboxylic acids is 1. The molecule has 0 spiro atoms. The molecule has 0 unspecified atom stereocenters. The molecule has 3 aromatic rings. The molecule has 1 aliphatic rings. The quantitative estimate of drug-likeness (QED) is 0.654. The number of nitrogens with zero attached hydrogens (tertiary/aromatic N) is 3. The highest BCUT2D eigenvalue weighted by atomic mass is 32.1. The van der Waals surface area contributed by atoms with Gasteiger partial charge in [0.25, 0.3) is 5.91 Å². The molecule has 0 bridgehead atoms. The lowest BCUT2D eigenvalue weighted by molar-refractivity contribution is -0.159. The fraction of sp³-hybridized carbons (Fsp3) is 0.278. The van der Waals surface area contributed by atoms with Gasteiger partial charge in [0.15, 0.2) is 0 Å². The first kappa shape index (κ1) is 18.5. The molecule has 0 aliphatic carbocycles. The van der Waals surface area contributed by atoms with Crippen molar-refractivity contribution < 1.29 is 27.2 Å². The van der Waals surface area contributed by atoms with Crippen LogP contribution in [0.15, 0.2) is 34.9 Å². The topological polar surface area (TPSA) is 68.5 Å². The lowest BCUT2D eigenvalue weighted by Gasteiger charge is -2.27. The molecule has 2 aromatic heterocycles. The summed E-state index contributed by atoms with van der Waals surface area (Å²) in [5.41, 5.74) is 1.43. The minimum absolute atomic E-state index is 0.0974. The van der Waals surface area contributed by atoms with Gasteiger partial charge in [-0.25, -0.2) is 0 Å². The first-order valence-corrected chi connectivity index (χ1v) is 9.13. The van der Waals surface area contributed by atoms with Gasteiger partial charge in [-0.2, -0.15) is 18.2 Å². The van der Waals surface area contributed by atoms with E-state index in [2.05, 4.69) is 14.7 Å². The van der Waals surface area contributed by atoms with Crippen LogP contribution in [0, 0.1) is 0 Å². The lowest BCUT2D eigenvalue weighted by atomic mass is 10.1. The SMILES string of the molecule is COc1ccc(C(=O)N2CCc3sc(-c4noc(C(F)(F)F)n4)cc3C2)cc1. The Balaban J connectivity index is 1.53. The number of ether oxygens (including phenoxy) is 1. The predicted octanol–water partition coefficient (Wildman–Crippen LogP) is 4.02. The van der Waals surface area contributed by atoms with Gasteiger partial charge in [0.2, 0.25) is 5.82 Å². The maximum absolute atomic E-state index is 12.7. The van der Waals surface area contributed by atoms with Gasteiger partial charge < -0.3 is 14.2 Å². The first-order chi connectivity index (χ1) is 13.3. The number of fused-ring (bicyclic) bond motifs is 1. The number of benzene rings is 1. The third kappa shape index (κ3) is 3.47. The summed E-state index contributed by atoms with van der Waals surface area (Å²) in [5, 5.41) is 3.43. The minimum atomic E-state index is -4.68. The van der Waals surface area contributed by atoms with Crippen molar-refractivity contribution in [1.82, 2.24) is 15.0 Å². The number of alkyl halides is 3. The zero-order chi connectivity index (χ0) is 19.9. The van der Waals surface area contributed by atoms with Crippen LogP contribution in [0.25, 0.3) is 10.7 Å². The van der Waals surface area contributed by atoms with Crippen molar-refractivity contribution in [2.45, 2.75) is 19.1 Å². The van der Waals surface area contributed by atoms with E-state index in [4.69, 9.17) is 4.74 Å². The van der Waals surface area contributed by atoms with Crippen molar-refractivity contribution in [2.24, 2.45) is 0 Å². The Bertz CT molecular complexity index is 1010. The molecule has 3 heterocycles. The Morgan fingerprint density at radius 1 is 1.29 bits per heavy atom. The summed E-state index contributed by atoms with van der Waals surface area (Å²) in [6.45, 7) is 0.901. The van der Waals surface area contributed by atoms with E-state index in [1.807, 2.05) is 0 Å². The largest absolute Gasteiger partial charge is 0.497 e. The van der Waals surface area contributed by atoms with Crippen molar-refractivity contribution in [2.75, 3.05) is 13.7 Å². The van der Waals surface area contributed by atoms with Crippen LogP contribution in [0.1, 0.15) is 26.7 Å². The summed E-state index contributed by atoms with van der Waals surface area (Å²) in [4.78, 5) is 19.4. The molecule has 28 heavy (non-hydrogen) atoms. The molecular formula is C18H14F3N3O3S. The van der Waals surface area contributed by atoms with Crippen LogP contribution in [0.3, 0.4) is 0 Å². The zero-order valence-electron chi connectivity index (χ0n) is 14.6. The fourth-order valence-electron chi connectivity index (χ4n) is 2.97. The highest BCUT2D eigenvalue weighted by molar-refractivity contribution is 7.15. The van der Waals surface area contributed by atoms with E-state index in [1.165, 1.54) is 11.3 Å². The predicted molar refractivity (Wildman–Crippen MR) is 94.1 cm³/mol. The van der Waals surface area contributed by atoms with Gasteiger partial charge in [0.1, 0.15) is 5.75 Å². The summed E-state index contributed by atoms with van der Waals surface area (Å²) in [7, 11) is 1.55. The van der Waals surface area contributed by atoms with Gasteiger partial charge in [0, 0.05) is 23.5 Å². The molecule has 1 aromatic carbocycles. The van der Waals surface area contributed by atoms with Crippen molar-refractivity contribution in [1.29, 1.82) is 0 Å². The van der Waals surface area contributed by atoms with Crippen LogP contribution in [-0.4, -0.2) is 34.6 Å². The van der Waals surface area contributed by atoms with Crippen molar-refractivity contribution in [3.8, 4) is 16.5 Å². The van der Waals surface area contributed by atoms with Crippen LogP contribution >= 0.6 is 11.3 Å². The third-order valence-electron chi connectivity index (χ3n) is 4.38. The summed E-state index contributed by atoms with van der Waals surface area (Å²) >= 11 is 1.32. The van der Waals surface area contributed by atoms with E-state index in [1.54, 1.807) is 42.3 Å². The molecule has 0 saturated carbocycles. The molecule has 1 amide bonds. The Morgan fingerprint density at radius 2 is 2.04 bits per heavy atom. The number of carbonyl (C=O) groups is 1. The molecule has 1 aliphatic heterocycles. The van der Waals surface area contributed by atoms with Crippen LogP contribution in [0.4, 0.5) is 13.2 Å². The van der Waals surface area contributed by atoms with E-state index < -0.39 is 12.1 Å². The number of aromatic nitrogens is 2. The van der Waals surface area contributed by atoms with Crippen LogP contribution in [0.5, 0.6) is 5.75 Å². The average molecular weight is 409 g/mol. The molecular weight excluding hydrogens is 395 g/mol. The Kier molecular flexibility index (Phi) is 4.58. The number of hydrogen-bond acceptors (Lipinski definition) is 6. The van der Waals surface area contributed by atoms with Crippen molar-refractivity contribution in [3.63, 3.8) is 0 Å². The normalized spacial score (nSPS) is 14.1. The minimum Gasteiger partial charge on any atom is -0.497 e. The van der Waals surface area contributed by atoms with Gasteiger partial charge in [-0.15, -0.1) is 11.3 Å². The summed E-state index contributed by atoms with van der Waals surface area (Å²) < 4.78 is 47.3. The van der Waals surface area contributed by atoms with Crippen LogP contribution in [-0.2, 0) is 19.1 Å². The lowest BCUT2D eigenvalue weighted by Crippen LogP contribution is -2.35. The Labute approximate surface area is 161 Å². The molecule has 0 atom stereocenters.